The van der Waals surface area contributed by atoms with Gasteiger partial charge in [-0.3, -0.25) is 9.79 Å². The Bertz CT molecular complexity index is 468. The number of ether oxygens (including phenoxy) is 2. The Morgan fingerprint density at radius 2 is 2.00 bits per heavy atom. The lowest BCUT2D eigenvalue weighted by atomic mass is 9.98. The number of likely N-dealkylation sites (tertiary alicyclic amines) is 1. The maximum atomic E-state index is 12.5. The lowest BCUT2D eigenvalue weighted by Gasteiger charge is -2.34. The third kappa shape index (κ3) is 7.59. The van der Waals surface area contributed by atoms with Crippen molar-refractivity contribution >= 4 is 11.9 Å². The van der Waals surface area contributed by atoms with Gasteiger partial charge in [-0.15, -0.1) is 0 Å². The largest absolute Gasteiger partial charge is 0.381 e. The summed E-state index contributed by atoms with van der Waals surface area (Å²) in [6.45, 7) is 10.0. The molecule has 7 heteroatoms. The number of hydrogen-bond acceptors (Lipinski definition) is 4. The van der Waals surface area contributed by atoms with Crippen LogP contribution in [0.4, 0.5) is 0 Å². The molecule has 0 aliphatic carbocycles. The average molecular weight is 397 g/mol. The van der Waals surface area contributed by atoms with E-state index in [0.29, 0.717) is 17.9 Å². The average Bonchev–Trinajstić information content (AvgIpc) is 3.24. The van der Waals surface area contributed by atoms with Crippen molar-refractivity contribution in [1.82, 2.24) is 15.5 Å². The Balaban J connectivity index is 1.57. The number of rotatable bonds is 10. The lowest BCUT2D eigenvalue weighted by Crippen LogP contribution is -2.50. The minimum atomic E-state index is 0.183. The fourth-order valence-corrected chi connectivity index (χ4v) is 3.87. The van der Waals surface area contributed by atoms with Crippen LogP contribution in [0.2, 0.25) is 0 Å². The van der Waals surface area contributed by atoms with E-state index in [2.05, 4.69) is 29.5 Å². The molecule has 1 unspecified atom stereocenters. The van der Waals surface area contributed by atoms with Crippen molar-refractivity contribution in [2.75, 3.05) is 53.1 Å². The summed E-state index contributed by atoms with van der Waals surface area (Å²) in [5.74, 6) is 1.93. The van der Waals surface area contributed by atoms with E-state index >= 15 is 0 Å². The van der Waals surface area contributed by atoms with Crippen LogP contribution in [0.15, 0.2) is 4.99 Å². The van der Waals surface area contributed by atoms with E-state index < -0.39 is 0 Å². The van der Waals surface area contributed by atoms with Gasteiger partial charge in [0.15, 0.2) is 5.96 Å². The zero-order chi connectivity index (χ0) is 20.2. The molecule has 1 atom stereocenters. The van der Waals surface area contributed by atoms with Crippen molar-refractivity contribution in [2.24, 2.45) is 16.8 Å². The highest BCUT2D eigenvalue weighted by Crippen LogP contribution is 2.17. The lowest BCUT2D eigenvalue weighted by molar-refractivity contribution is -0.136. The highest BCUT2D eigenvalue weighted by Gasteiger charge is 2.26. The van der Waals surface area contributed by atoms with E-state index in [9.17, 15) is 4.79 Å². The Morgan fingerprint density at radius 3 is 2.61 bits per heavy atom. The van der Waals surface area contributed by atoms with Gasteiger partial charge in [-0.05, 0) is 38.5 Å². The molecular formula is C21H40N4O3. The number of hydrogen-bond donors (Lipinski definition) is 2. The van der Waals surface area contributed by atoms with Crippen LogP contribution >= 0.6 is 0 Å². The summed E-state index contributed by atoms with van der Waals surface area (Å²) in [5.41, 5.74) is 0. The Hall–Kier alpha value is -1.34. The number of guanidine groups is 1. The second kappa shape index (κ2) is 13.0. The molecule has 2 saturated heterocycles. The first kappa shape index (κ1) is 22.9. The minimum Gasteiger partial charge on any atom is -0.381 e. The molecule has 0 aromatic rings. The van der Waals surface area contributed by atoms with Crippen LogP contribution < -0.4 is 10.6 Å². The third-order valence-corrected chi connectivity index (χ3v) is 5.84. The van der Waals surface area contributed by atoms with Gasteiger partial charge in [-0.2, -0.15) is 0 Å². The SMILES string of the molecule is CCC(CC)C(=O)N1CCC(NC(=NC)NCCCOCC2CCOC2)CC1. The predicted molar refractivity (Wildman–Crippen MR) is 113 cm³/mol. The fraction of sp³-hybridized carbons (Fsp3) is 0.905. The van der Waals surface area contributed by atoms with Gasteiger partial charge in [0.25, 0.3) is 0 Å². The van der Waals surface area contributed by atoms with Crippen LogP contribution in [0, 0.1) is 11.8 Å². The first-order valence-corrected chi connectivity index (χ1v) is 11.1. The predicted octanol–water partition coefficient (Wildman–Crippen LogP) is 2.02. The molecular weight excluding hydrogens is 356 g/mol. The van der Waals surface area contributed by atoms with Gasteiger partial charge in [0.2, 0.25) is 5.91 Å². The first-order chi connectivity index (χ1) is 13.7. The second-order valence-electron chi connectivity index (χ2n) is 7.91. The number of amides is 1. The number of carbonyl (C=O) groups is 1. The number of aliphatic imine (C=N–C) groups is 1. The fourth-order valence-electron chi connectivity index (χ4n) is 3.87. The van der Waals surface area contributed by atoms with Crippen molar-refractivity contribution in [1.29, 1.82) is 0 Å². The van der Waals surface area contributed by atoms with E-state index in [4.69, 9.17) is 9.47 Å². The van der Waals surface area contributed by atoms with E-state index in [0.717, 1.165) is 90.5 Å². The number of piperidine rings is 1. The molecule has 0 radical (unpaired) electrons. The maximum Gasteiger partial charge on any atom is 0.225 e. The monoisotopic (exact) mass is 396 g/mol. The molecule has 0 aromatic carbocycles. The molecule has 0 spiro atoms. The van der Waals surface area contributed by atoms with Crippen molar-refractivity contribution in [3.05, 3.63) is 0 Å². The van der Waals surface area contributed by atoms with E-state index in [1.807, 2.05) is 4.90 Å². The molecule has 2 N–H and O–H groups in total. The highest BCUT2D eigenvalue weighted by atomic mass is 16.5. The maximum absolute atomic E-state index is 12.5. The van der Waals surface area contributed by atoms with Crippen LogP contribution in [0.3, 0.4) is 0 Å². The van der Waals surface area contributed by atoms with Crippen molar-refractivity contribution in [3.8, 4) is 0 Å². The molecule has 7 nitrogen and oxygen atoms in total. The molecule has 162 valence electrons. The van der Waals surface area contributed by atoms with Gasteiger partial charge < -0.3 is 25.0 Å². The summed E-state index contributed by atoms with van der Waals surface area (Å²) in [5, 5.41) is 6.87. The summed E-state index contributed by atoms with van der Waals surface area (Å²) in [6.07, 6.45) is 5.89. The minimum absolute atomic E-state index is 0.183. The summed E-state index contributed by atoms with van der Waals surface area (Å²) in [4.78, 5) is 18.9. The van der Waals surface area contributed by atoms with Gasteiger partial charge in [0.1, 0.15) is 0 Å². The van der Waals surface area contributed by atoms with Gasteiger partial charge in [-0.25, -0.2) is 0 Å². The van der Waals surface area contributed by atoms with E-state index in [1.165, 1.54) is 0 Å². The van der Waals surface area contributed by atoms with Crippen LogP contribution in [-0.2, 0) is 14.3 Å². The Morgan fingerprint density at radius 1 is 1.25 bits per heavy atom. The number of nitrogens with one attached hydrogen (secondary N) is 2. The molecule has 1 amide bonds. The quantitative estimate of drug-likeness (QED) is 0.336. The Labute approximate surface area is 170 Å². The highest BCUT2D eigenvalue weighted by molar-refractivity contribution is 5.80. The molecule has 2 aliphatic rings. The molecule has 2 aliphatic heterocycles. The molecule has 2 heterocycles. The van der Waals surface area contributed by atoms with Gasteiger partial charge in [0.05, 0.1) is 13.2 Å². The van der Waals surface area contributed by atoms with E-state index in [1.54, 1.807) is 7.05 Å². The molecule has 28 heavy (non-hydrogen) atoms. The van der Waals surface area contributed by atoms with Crippen LogP contribution in [0.5, 0.6) is 0 Å². The summed E-state index contributed by atoms with van der Waals surface area (Å²) in [7, 11) is 1.80. The summed E-state index contributed by atoms with van der Waals surface area (Å²) < 4.78 is 11.1. The number of carbonyl (C=O) groups excluding carboxylic acids is 1. The molecule has 2 rings (SSSR count). The third-order valence-electron chi connectivity index (χ3n) is 5.84. The van der Waals surface area contributed by atoms with E-state index in [-0.39, 0.29) is 5.92 Å². The van der Waals surface area contributed by atoms with Crippen molar-refractivity contribution < 1.29 is 14.3 Å². The summed E-state index contributed by atoms with van der Waals surface area (Å²) >= 11 is 0. The van der Waals surface area contributed by atoms with Crippen LogP contribution in [0.25, 0.3) is 0 Å². The number of nitrogens with zero attached hydrogens (tertiary/aromatic N) is 2. The van der Waals surface area contributed by atoms with Crippen molar-refractivity contribution in [3.63, 3.8) is 0 Å². The zero-order valence-electron chi connectivity index (χ0n) is 18.0. The topological polar surface area (TPSA) is 75.2 Å². The first-order valence-electron chi connectivity index (χ1n) is 11.1. The second-order valence-corrected chi connectivity index (χ2v) is 7.91. The van der Waals surface area contributed by atoms with Crippen LogP contribution in [0.1, 0.15) is 52.4 Å². The zero-order valence-corrected chi connectivity index (χ0v) is 18.0. The van der Waals surface area contributed by atoms with Gasteiger partial charge in [0, 0.05) is 57.8 Å². The normalized spacial score (nSPS) is 21.4. The van der Waals surface area contributed by atoms with Gasteiger partial charge in [-0.1, -0.05) is 13.8 Å². The van der Waals surface area contributed by atoms with Gasteiger partial charge >= 0.3 is 0 Å². The van der Waals surface area contributed by atoms with Crippen LogP contribution in [-0.4, -0.2) is 75.9 Å². The molecule has 0 aromatic heterocycles. The molecule has 2 fully saturated rings. The standard InChI is InChI=1S/C21H40N4O3/c1-4-18(5-2)20(26)25-11-7-19(8-12-25)24-21(22-3)23-10-6-13-27-15-17-9-14-28-16-17/h17-19H,4-16H2,1-3H3,(H2,22,23,24). The van der Waals surface area contributed by atoms with Crippen molar-refractivity contribution in [2.45, 2.75) is 58.4 Å². The smallest absolute Gasteiger partial charge is 0.225 e. The molecule has 0 bridgehead atoms. The molecule has 0 saturated carbocycles. The Kier molecular flexibility index (Phi) is 10.6. The summed E-state index contributed by atoms with van der Waals surface area (Å²) in [6, 6.07) is 0.371.